The Morgan fingerprint density at radius 1 is 1.35 bits per heavy atom. The molecule has 0 spiro atoms. The monoisotopic (exact) mass is 236 g/mol. The lowest BCUT2D eigenvalue weighted by atomic mass is 9.92. The molecular formula is C14H17FO2. The summed E-state index contributed by atoms with van der Waals surface area (Å²) >= 11 is 0. The minimum absolute atomic E-state index is 0.0999. The van der Waals surface area contributed by atoms with Crippen molar-refractivity contribution in [3.63, 3.8) is 0 Å². The fourth-order valence-electron chi connectivity index (χ4n) is 2.48. The van der Waals surface area contributed by atoms with E-state index in [-0.39, 0.29) is 6.42 Å². The Morgan fingerprint density at radius 2 is 2.06 bits per heavy atom. The molecule has 92 valence electrons. The van der Waals surface area contributed by atoms with Crippen LogP contribution < -0.4 is 0 Å². The molecular weight excluding hydrogens is 219 g/mol. The minimum Gasteiger partial charge on any atom is -0.481 e. The Kier molecular flexibility index (Phi) is 3.46. The molecule has 1 N–H and O–H groups in total. The first kappa shape index (κ1) is 12.1. The Labute approximate surface area is 100 Å². The van der Waals surface area contributed by atoms with E-state index in [0.717, 1.165) is 24.0 Å². The summed E-state index contributed by atoms with van der Waals surface area (Å²) in [6.45, 7) is 0. The van der Waals surface area contributed by atoms with Crippen molar-refractivity contribution in [3.05, 3.63) is 35.4 Å². The lowest BCUT2D eigenvalue weighted by Crippen LogP contribution is -2.14. The highest BCUT2D eigenvalue weighted by atomic mass is 19.1. The van der Waals surface area contributed by atoms with Crippen LogP contribution in [0.2, 0.25) is 0 Å². The molecule has 3 heteroatoms. The molecule has 1 fully saturated rings. The van der Waals surface area contributed by atoms with Crippen LogP contribution in [0.5, 0.6) is 0 Å². The molecule has 0 radical (unpaired) electrons. The van der Waals surface area contributed by atoms with Crippen LogP contribution in [-0.4, -0.2) is 11.1 Å². The molecule has 0 aromatic heterocycles. The van der Waals surface area contributed by atoms with Gasteiger partial charge in [0.1, 0.15) is 5.67 Å². The van der Waals surface area contributed by atoms with Crippen molar-refractivity contribution in [2.75, 3.05) is 0 Å². The molecule has 0 bridgehead atoms. The van der Waals surface area contributed by atoms with Gasteiger partial charge in [-0.25, -0.2) is 4.39 Å². The molecule has 1 aliphatic rings. The molecule has 1 aliphatic carbocycles. The van der Waals surface area contributed by atoms with Crippen molar-refractivity contribution < 1.29 is 14.3 Å². The van der Waals surface area contributed by atoms with Crippen molar-refractivity contribution in [1.82, 2.24) is 0 Å². The molecule has 0 saturated heterocycles. The fourth-order valence-corrected chi connectivity index (χ4v) is 2.48. The average molecular weight is 236 g/mol. The van der Waals surface area contributed by atoms with Gasteiger partial charge in [-0.3, -0.25) is 4.79 Å². The number of carbonyl (C=O) groups is 1. The van der Waals surface area contributed by atoms with Gasteiger partial charge in [0, 0.05) is 6.42 Å². The first-order valence-electron chi connectivity index (χ1n) is 6.10. The number of aliphatic carboxylic acids is 1. The maximum absolute atomic E-state index is 14.5. The minimum atomic E-state index is -1.18. The number of hydrogen-bond donors (Lipinski definition) is 1. The SMILES string of the molecule is O=C(O)CCc1cccc(C2(F)CCCC2)c1. The van der Waals surface area contributed by atoms with Crippen LogP contribution in [0.4, 0.5) is 4.39 Å². The summed E-state index contributed by atoms with van der Waals surface area (Å²) in [5, 5.41) is 8.63. The zero-order valence-electron chi connectivity index (χ0n) is 9.79. The molecule has 17 heavy (non-hydrogen) atoms. The van der Waals surface area contributed by atoms with E-state index in [1.807, 2.05) is 24.3 Å². The van der Waals surface area contributed by atoms with Crippen molar-refractivity contribution in [2.24, 2.45) is 0 Å². The second-order valence-corrected chi connectivity index (χ2v) is 4.77. The number of carboxylic acid groups (broad SMARTS) is 1. The highest BCUT2D eigenvalue weighted by molar-refractivity contribution is 5.67. The van der Waals surface area contributed by atoms with Gasteiger partial charge in [0.05, 0.1) is 0 Å². The highest BCUT2D eigenvalue weighted by Gasteiger charge is 2.35. The lowest BCUT2D eigenvalue weighted by Gasteiger charge is -2.20. The second kappa shape index (κ2) is 4.86. The largest absolute Gasteiger partial charge is 0.481 e. The van der Waals surface area contributed by atoms with Gasteiger partial charge >= 0.3 is 5.97 Å². The van der Waals surface area contributed by atoms with Gasteiger partial charge in [0.15, 0.2) is 0 Å². The lowest BCUT2D eigenvalue weighted by molar-refractivity contribution is -0.136. The quantitative estimate of drug-likeness (QED) is 0.869. The van der Waals surface area contributed by atoms with E-state index in [4.69, 9.17) is 5.11 Å². The maximum Gasteiger partial charge on any atom is 0.303 e. The van der Waals surface area contributed by atoms with E-state index in [9.17, 15) is 9.18 Å². The van der Waals surface area contributed by atoms with E-state index in [1.54, 1.807) is 0 Å². The van der Waals surface area contributed by atoms with Gasteiger partial charge in [-0.1, -0.05) is 24.3 Å². The van der Waals surface area contributed by atoms with Crippen LogP contribution in [0.1, 0.15) is 43.2 Å². The molecule has 0 heterocycles. The zero-order chi connectivity index (χ0) is 12.3. The second-order valence-electron chi connectivity index (χ2n) is 4.77. The summed E-state index contributed by atoms with van der Waals surface area (Å²) in [5.41, 5.74) is 0.450. The van der Waals surface area contributed by atoms with Crippen LogP contribution in [-0.2, 0) is 16.9 Å². The predicted octanol–water partition coefficient (Wildman–Crippen LogP) is 3.44. The fraction of sp³-hybridized carbons (Fsp3) is 0.500. The van der Waals surface area contributed by atoms with Gasteiger partial charge in [-0.2, -0.15) is 0 Å². The normalized spacial score (nSPS) is 18.2. The number of alkyl halides is 1. The summed E-state index contributed by atoms with van der Waals surface area (Å²) in [4.78, 5) is 10.5. The maximum atomic E-state index is 14.5. The van der Waals surface area contributed by atoms with E-state index in [1.165, 1.54) is 0 Å². The predicted molar refractivity (Wildman–Crippen MR) is 63.7 cm³/mol. The molecule has 0 amide bonds. The van der Waals surface area contributed by atoms with Crippen molar-refractivity contribution >= 4 is 5.97 Å². The van der Waals surface area contributed by atoms with Crippen LogP contribution in [0.15, 0.2) is 24.3 Å². The first-order valence-corrected chi connectivity index (χ1v) is 6.10. The number of aryl methyl sites for hydroxylation is 1. The van der Waals surface area contributed by atoms with Gasteiger partial charge in [0.25, 0.3) is 0 Å². The first-order chi connectivity index (χ1) is 8.10. The number of hydrogen-bond acceptors (Lipinski definition) is 1. The summed E-state index contributed by atoms with van der Waals surface area (Å²) in [5.74, 6) is -0.814. The summed E-state index contributed by atoms with van der Waals surface area (Å²) in [6, 6.07) is 7.33. The van der Waals surface area contributed by atoms with Crippen molar-refractivity contribution in [1.29, 1.82) is 0 Å². The topological polar surface area (TPSA) is 37.3 Å². The third kappa shape index (κ3) is 2.84. The Hall–Kier alpha value is -1.38. The summed E-state index contributed by atoms with van der Waals surface area (Å²) in [6.07, 6.45) is 3.64. The molecule has 2 rings (SSSR count). The van der Waals surface area contributed by atoms with E-state index >= 15 is 0 Å². The molecule has 1 saturated carbocycles. The van der Waals surface area contributed by atoms with E-state index in [0.29, 0.717) is 19.3 Å². The summed E-state index contributed by atoms with van der Waals surface area (Å²) < 4.78 is 14.5. The Balaban J connectivity index is 2.13. The van der Waals surface area contributed by atoms with Crippen LogP contribution in [0.3, 0.4) is 0 Å². The average Bonchev–Trinajstić information content (AvgIpc) is 2.75. The molecule has 0 atom stereocenters. The van der Waals surface area contributed by atoms with Crippen LogP contribution in [0, 0.1) is 0 Å². The number of halogens is 1. The molecule has 1 aromatic rings. The van der Waals surface area contributed by atoms with E-state index in [2.05, 4.69) is 0 Å². The highest BCUT2D eigenvalue weighted by Crippen LogP contribution is 2.42. The zero-order valence-corrected chi connectivity index (χ0v) is 9.79. The number of carboxylic acids is 1. The van der Waals surface area contributed by atoms with E-state index < -0.39 is 11.6 Å². The van der Waals surface area contributed by atoms with Gasteiger partial charge in [-0.05, 0) is 43.2 Å². The standard InChI is InChI=1S/C14H17FO2/c15-14(8-1-2-9-14)12-5-3-4-11(10-12)6-7-13(16)17/h3-5,10H,1-2,6-9H2,(H,16,17). The molecule has 2 nitrogen and oxygen atoms in total. The summed E-state index contributed by atoms with van der Waals surface area (Å²) in [7, 11) is 0. The van der Waals surface area contributed by atoms with Gasteiger partial charge < -0.3 is 5.11 Å². The number of benzene rings is 1. The Morgan fingerprint density at radius 3 is 2.71 bits per heavy atom. The van der Waals surface area contributed by atoms with Gasteiger partial charge in [-0.15, -0.1) is 0 Å². The Bertz CT molecular complexity index is 408. The third-order valence-corrected chi connectivity index (χ3v) is 3.47. The van der Waals surface area contributed by atoms with Gasteiger partial charge in [0.2, 0.25) is 0 Å². The van der Waals surface area contributed by atoms with Crippen molar-refractivity contribution in [2.45, 2.75) is 44.2 Å². The number of rotatable bonds is 4. The smallest absolute Gasteiger partial charge is 0.303 e. The third-order valence-electron chi connectivity index (χ3n) is 3.47. The van der Waals surface area contributed by atoms with Crippen LogP contribution >= 0.6 is 0 Å². The van der Waals surface area contributed by atoms with Crippen LogP contribution in [0.25, 0.3) is 0 Å². The molecule has 0 unspecified atom stereocenters. The molecule has 0 aliphatic heterocycles. The molecule has 1 aromatic carbocycles. The van der Waals surface area contributed by atoms with Crippen molar-refractivity contribution in [3.8, 4) is 0 Å².